The van der Waals surface area contributed by atoms with Gasteiger partial charge in [0.15, 0.2) is 0 Å². The monoisotopic (exact) mass is 610 g/mol. The minimum absolute atomic E-state index is 0.00744. The van der Waals surface area contributed by atoms with Crippen LogP contribution in [0.15, 0.2) is 36.4 Å². The van der Waals surface area contributed by atoms with E-state index in [0.717, 1.165) is 16.9 Å². The molecule has 2 heterocycles. The van der Waals surface area contributed by atoms with Gasteiger partial charge in [0.1, 0.15) is 0 Å². The lowest BCUT2D eigenvalue weighted by molar-refractivity contribution is -0.143. The maximum absolute atomic E-state index is 13.8. The fourth-order valence-corrected chi connectivity index (χ4v) is 4.94. The third-order valence-electron chi connectivity index (χ3n) is 6.87. The number of alkyl halides is 9. The van der Waals surface area contributed by atoms with Crippen LogP contribution in [0.1, 0.15) is 52.8 Å². The van der Waals surface area contributed by atoms with Crippen LogP contribution in [-0.4, -0.2) is 51.4 Å². The summed E-state index contributed by atoms with van der Waals surface area (Å²) in [6, 6.07) is 4.06. The van der Waals surface area contributed by atoms with E-state index < -0.39 is 47.3 Å². The van der Waals surface area contributed by atoms with Crippen LogP contribution >= 0.6 is 0 Å². The first kappa shape index (κ1) is 31.5. The maximum atomic E-state index is 13.8. The SMILES string of the molecule is CCC(c1ccc(C(F)(F)F)cc1CN(Cc1cc(C(F)(F)F)cc(C(F)(F)F)c1)c1nnn(C)n1)N1CCOCC1. The second-order valence-electron chi connectivity index (χ2n) is 9.83. The lowest BCUT2D eigenvalue weighted by Crippen LogP contribution is -2.39. The Morgan fingerprint density at radius 1 is 0.833 bits per heavy atom. The molecule has 0 bridgehead atoms. The molecule has 0 N–H and O–H groups in total. The van der Waals surface area contributed by atoms with Crippen molar-refractivity contribution in [2.45, 2.75) is 51.0 Å². The Morgan fingerprint density at radius 3 is 1.93 bits per heavy atom. The van der Waals surface area contributed by atoms with Crippen LogP contribution in [0.3, 0.4) is 0 Å². The molecule has 42 heavy (non-hydrogen) atoms. The Hall–Kier alpha value is -3.40. The van der Waals surface area contributed by atoms with E-state index in [2.05, 4.69) is 20.3 Å². The first-order valence-electron chi connectivity index (χ1n) is 12.9. The molecule has 7 nitrogen and oxygen atoms in total. The minimum Gasteiger partial charge on any atom is -0.379 e. The van der Waals surface area contributed by atoms with Crippen molar-refractivity contribution in [2.24, 2.45) is 7.05 Å². The van der Waals surface area contributed by atoms with Gasteiger partial charge in [0.05, 0.1) is 37.0 Å². The number of morpholine rings is 1. The van der Waals surface area contributed by atoms with Crippen molar-refractivity contribution in [1.82, 2.24) is 25.1 Å². The molecule has 1 aromatic heterocycles. The topological polar surface area (TPSA) is 59.3 Å². The predicted octanol–water partition coefficient (Wildman–Crippen LogP) is 6.26. The molecule has 0 radical (unpaired) electrons. The highest BCUT2D eigenvalue weighted by molar-refractivity contribution is 5.42. The van der Waals surface area contributed by atoms with E-state index in [0.29, 0.717) is 50.4 Å². The zero-order chi connectivity index (χ0) is 30.9. The normalized spacial score (nSPS) is 16.1. The molecule has 2 aromatic carbocycles. The second-order valence-corrected chi connectivity index (χ2v) is 9.83. The molecule has 1 aliphatic rings. The van der Waals surface area contributed by atoms with Crippen molar-refractivity contribution in [3.63, 3.8) is 0 Å². The van der Waals surface area contributed by atoms with E-state index in [9.17, 15) is 39.5 Å². The van der Waals surface area contributed by atoms with Gasteiger partial charge in [-0.1, -0.05) is 18.1 Å². The lowest BCUT2D eigenvalue weighted by atomic mass is 9.94. The van der Waals surface area contributed by atoms with Gasteiger partial charge in [-0.3, -0.25) is 4.90 Å². The third-order valence-corrected chi connectivity index (χ3v) is 6.87. The number of hydrogen-bond acceptors (Lipinski definition) is 6. The van der Waals surface area contributed by atoms with E-state index in [1.807, 2.05) is 6.92 Å². The number of tetrazole rings is 1. The van der Waals surface area contributed by atoms with E-state index in [1.54, 1.807) is 0 Å². The molecule has 230 valence electrons. The van der Waals surface area contributed by atoms with E-state index in [-0.39, 0.29) is 30.2 Å². The van der Waals surface area contributed by atoms with Crippen molar-refractivity contribution < 1.29 is 44.3 Å². The van der Waals surface area contributed by atoms with Crippen molar-refractivity contribution >= 4 is 5.95 Å². The zero-order valence-electron chi connectivity index (χ0n) is 22.5. The van der Waals surface area contributed by atoms with Gasteiger partial charge in [-0.15, -0.1) is 5.10 Å². The molecule has 0 saturated carbocycles. The number of halogens is 9. The van der Waals surface area contributed by atoms with E-state index >= 15 is 0 Å². The maximum Gasteiger partial charge on any atom is 0.416 e. The Balaban J connectivity index is 1.81. The summed E-state index contributed by atoms with van der Waals surface area (Å²) in [5, 5.41) is 11.6. The molecule has 1 saturated heterocycles. The smallest absolute Gasteiger partial charge is 0.379 e. The van der Waals surface area contributed by atoms with Gasteiger partial charge in [-0.25, -0.2) is 0 Å². The molecule has 0 aliphatic carbocycles. The van der Waals surface area contributed by atoms with Gasteiger partial charge in [0.25, 0.3) is 5.95 Å². The number of ether oxygens (including phenoxy) is 1. The largest absolute Gasteiger partial charge is 0.416 e. The summed E-state index contributed by atoms with van der Waals surface area (Å²) in [6.07, 6.45) is -14.3. The lowest BCUT2D eigenvalue weighted by Gasteiger charge is -2.36. The quantitative estimate of drug-likeness (QED) is 0.281. The second kappa shape index (κ2) is 12.1. The molecule has 1 aliphatic heterocycles. The summed E-state index contributed by atoms with van der Waals surface area (Å²) in [6.45, 7) is 2.84. The van der Waals surface area contributed by atoms with Crippen LogP contribution in [0, 0.1) is 0 Å². The van der Waals surface area contributed by atoms with E-state index in [1.165, 1.54) is 18.0 Å². The fourth-order valence-electron chi connectivity index (χ4n) is 4.94. The number of rotatable bonds is 8. The summed E-state index contributed by atoms with van der Waals surface area (Å²) in [5.41, 5.74) is -3.68. The van der Waals surface area contributed by atoms with Crippen LogP contribution in [0.25, 0.3) is 0 Å². The fraction of sp³-hybridized carbons (Fsp3) is 0.500. The summed E-state index contributed by atoms with van der Waals surface area (Å²) in [5.74, 6) is -0.189. The third kappa shape index (κ3) is 7.51. The van der Waals surface area contributed by atoms with Crippen LogP contribution in [0.5, 0.6) is 0 Å². The Kier molecular flexibility index (Phi) is 9.06. The Morgan fingerprint density at radius 2 is 1.43 bits per heavy atom. The van der Waals surface area contributed by atoms with Crippen LogP contribution < -0.4 is 4.90 Å². The van der Waals surface area contributed by atoms with Crippen LogP contribution in [-0.2, 0) is 43.4 Å². The Labute approximate surface area is 234 Å². The van der Waals surface area contributed by atoms with Gasteiger partial charge in [0.2, 0.25) is 0 Å². The average molecular weight is 611 g/mol. The predicted molar refractivity (Wildman–Crippen MR) is 132 cm³/mol. The molecule has 3 aromatic rings. The highest BCUT2D eigenvalue weighted by Crippen LogP contribution is 2.38. The van der Waals surface area contributed by atoms with Crippen molar-refractivity contribution in [3.8, 4) is 0 Å². The number of nitrogens with zero attached hydrogens (tertiary/aromatic N) is 6. The van der Waals surface area contributed by atoms with Crippen LogP contribution in [0.4, 0.5) is 45.5 Å². The molecule has 0 amide bonds. The van der Waals surface area contributed by atoms with Crippen LogP contribution in [0.2, 0.25) is 0 Å². The summed E-state index contributed by atoms with van der Waals surface area (Å²) in [4.78, 5) is 4.28. The average Bonchev–Trinajstić information content (AvgIpc) is 3.34. The first-order valence-corrected chi connectivity index (χ1v) is 12.9. The molecule has 4 rings (SSSR count). The number of anilines is 1. The highest BCUT2D eigenvalue weighted by atomic mass is 19.4. The van der Waals surface area contributed by atoms with Crippen molar-refractivity contribution in [1.29, 1.82) is 0 Å². The minimum atomic E-state index is -5.08. The molecule has 16 heteroatoms. The highest BCUT2D eigenvalue weighted by Gasteiger charge is 2.37. The Bertz CT molecular complexity index is 1330. The molecule has 1 fully saturated rings. The summed E-state index contributed by atoms with van der Waals surface area (Å²) in [7, 11) is 1.39. The van der Waals surface area contributed by atoms with Gasteiger partial charge in [-0.05, 0) is 58.7 Å². The standard InChI is InChI=1S/C26H27F9N6O/c1-3-22(40-6-8-42-9-7-40)21-5-4-18(24(27,28)29)12-17(21)15-41(23-36-38-39(2)37-23)14-16-10-19(25(30,31)32)13-20(11-16)26(33,34)35/h4-5,10-13,22H,3,6-9,14-15H2,1-2H3. The first-order chi connectivity index (χ1) is 19.6. The zero-order valence-corrected chi connectivity index (χ0v) is 22.5. The molecular weight excluding hydrogens is 583 g/mol. The summed E-state index contributed by atoms with van der Waals surface area (Å²) >= 11 is 0. The number of hydrogen-bond donors (Lipinski definition) is 0. The van der Waals surface area contributed by atoms with Gasteiger partial charge in [0, 0.05) is 32.2 Å². The molecular formula is C26H27F9N6O. The molecule has 1 atom stereocenters. The number of aryl methyl sites for hydroxylation is 1. The number of benzene rings is 2. The molecule has 0 spiro atoms. The molecule has 1 unspecified atom stereocenters. The van der Waals surface area contributed by atoms with E-state index in [4.69, 9.17) is 4.74 Å². The van der Waals surface area contributed by atoms with Gasteiger partial charge in [-0.2, -0.15) is 44.3 Å². The van der Waals surface area contributed by atoms with Gasteiger partial charge < -0.3 is 9.64 Å². The van der Waals surface area contributed by atoms with Crippen molar-refractivity contribution in [2.75, 3.05) is 31.2 Å². The van der Waals surface area contributed by atoms with Crippen molar-refractivity contribution in [3.05, 3.63) is 69.8 Å². The summed E-state index contributed by atoms with van der Waals surface area (Å²) < 4.78 is 128. The van der Waals surface area contributed by atoms with Gasteiger partial charge >= 0.3 is 18.5 Å². The number of aromatic nitrogens is 4.